The molecule has 0 saturated heterocycles. The number of rotatable bonds is 7. The molecule has 0 radical (unpaired) electrons. The summed E-state index contributed by atoms with van der Waals surface area (Å²) < 4.78 is 0. The van der Waals surface area contributed by atoms with Gasteiger partial charge in [0, 0.05) is 32.1 Å². The number of carbonyl (C=O) groups excluding carboxylic acids is 1. The Morgan fingerprint density at radius 1 is 1.00 bits per heavy atom. The first-order chi connectivity index (χ1) is 15.2. The number of nitrogens with one attached hydrogen (secondary N) is 1. The van der Waals surface area contributed by atoms with Crippen LogP contribution >= 0.6 is 12.4 Å². The Balaban J connectivity index is 0.00000289. The molecule has 0 spiro atoms. The highest BCUT2D eigenvalue weighted by Crippen LogP contribution is 2.39. The topological polar surface area (TPSA) is 52.6 Å². The van der Waals surface area contributed by atoms with Crippen LogP contribution in [-0.2, 0) is 16.9 Å². The molecule has 1 heterocycles. The molecule has 1 aliphatic heterocycles. The van der Waals surface area contributed by atoms with E-state index in [0.29, 0.717) is 12.1 Å². The minimum atomic E-state index is -1.45. The zero-order valence-electron chi connectivity index (χ0n) is 18.7. The number of hydrogen-bond donors (Lipinski definition) is 2. The molecule has 32 heavy (non-hydrogen) atoms. The van der Waals surface area contributed by atoms with E-state index in [9.17, 15) is 9.90 Å². The molecule has 172 valence electrons. The highest BCUT2D eigenvalue weighted by Gasteiger charge is 2.45. The van der Waals surface area contributed by atoms with Gasteiger partial charge in [-0.3, -0.25) is 9.69 Å². The Morgan fingerprint density at radius 2 is 1.66 bits per heavy atom. The van der Waals surface area contributed by atoms with Gasteiger partial charge in [-0.2, -0.15) is 0 Å². The van der Waals surface area contributed by atoms with E-state index in [4.69, 9.17) is 0 Å². The highest BCUT2D eigenvalue weighted by molar-refractivity contribution is 5.87. The van der Waals surface area contributed by atoms with Gasteiger partial charge in [0.05, 0.1) is 0 Å². The zero-order chi connectivity index (χ0) is 21.5. The van der Waals surface area contributed by atoms with Crippen LogP contribution in [0.1, 0.15) is 49.7 Å². The summed E-state index contributed by atoms with van der Waals surface area (Å²) in [5.41, 5.74) is 1.84. The fraction of sp³-hybridized carbons (Fsp3) is 0.444. The van der Waals surface area contributed by atoms with Gasteiger partial charge in [0.1, 0.15) is 0 Å². The second-order valence-electron chi connectivity index (χ2n) is 8.98. The van der Waals surface area contributed by atoms with Crippen molar-refractivity contribution >= 4 is 18.3 Å². The first-order valence-electron chi connectivity index (χ1n) is 11.7. The number of nitrogens with zero attached hydrogens (tertiary/aromatic N) is 1. The van der Waals surface area contributed by atoms with Crippen molar-refractivity contribution in [2.45, 2.75) is 50.7 Å². The largest absolute Gasteiger partial charge is 0.375 e. The van der Waals surface area contributed by atoms with Crippen LogP contribution < -0.4 is 5.32 Å². The first-order valence-corrected chi connectivity index (χ1v) is 11.7. The van der Waals surface area contributed by atoms with Gasteiger partial charge in [-0.1, -0.05) is 91.6 Å². The molecule has 1 fully saturated rings. The lowest BCUT2D eigenvalue weighted by Crippen LogP contribution is -2.50. The van der Waals surface area contributed by atoms with Crippen LogP contribution in [0, 0.1) is 5.92 Å². The Hall–Kier alpha value is -2.14. The van der Waals surface area contributed by atoms with E-state index in [1.807, 2.05) is 36.4 Å². The summed E-state index contributed by atoms with van der Waals surface area (Å²) in [6, 6.07) is 20.0. The van der Waals surface area contributed by atoms with E-state index in [-0.39, 0.29) is 24.2 Å². The first kappa shape index (κ1) is 24.5. The lowest BCUT2D eigenvalue weighted by atomic mass is 9.73. The molecule has 4 rings (SSSR count). The third-order valence-electron chi connectivity index (χ3n) is 6.87. The molecule has 1 atom stereocenters. The predicted molar refractivity (Wildman–Crippen MR) is 132 cm³/mol. The molecule has 4 nitrogen and oxygen atoms in total. The minimum absolute atomic E-state index is 0. The van der Waals surface area contributed by atoms with Gasteiger partial charge in [0.2, 0.25) is 0 Å². The van der Waals surface area contributed by atoms with Crippen molar-refractivity contribution in [2.75, 3.05) is 19.6 Å². The molecule has 2 aromatic rings. The third-order valence-corrected chi connectivity index (χ3v) is 6.87. The SMILES string of the molecule is Cl.O=C(NCC1=CCN(Cc2ccccc2)CC1)C(O)(c1ccccc1)C1CCCCC1. The second-order valence-corrected chi connectivity index (χ2v) is 8.98. The van der Waals surface area contributed by atoms with E-state index in [0.717, 1.165) is 51.7 Å². The number of halogens is 1. The molecule has 5 heteroatoms. The summed E-state index contributed by atoms with van der Waals surface area (Å²) in [6.07, 6.45) is 8.32. The van der Waals surface area contributed by atoms with Crippen LogP contribution in [0.4, 0.5) is 0 Å². The van der Waals surface area contributed by atoms with Gasteiger partial charge in [-0.05, 0) is 30.4 Å². The van der Waals surface area contributed by atoms with Crippen molar-refractivity contribution in [3.8, 4) is 0 Å². The molecule has 1 saturated carbocycles. The van der Waals surface area contributed by atoms with E-state index in [1.54, 1.807) is 0 Å². The van der Waals surface area contributed by atoms with Gasteiger partial charge in [-0.15, -0.1) is 12.4 Å². The summed E-state index contributed by atoms with van der Waals surface area (Å²) in [4.78, 5) is 15.7. The maximum atomic E-state index is 13.3. The summed E-state index contributed by atoms with van der Waals surface area (Å²) >= 11 is 0. The van der Waals surface area contributed by atoms with Gasteiger partial charge in [0.25, 0.3) is 5.91 Å². The quantitative estimate of drug-likeness (QED) is 0.589. The van der Waals surface area contributed by atoms with Crippen molar-refractivity contribution in [3.05, 3.63) is 83.4 Å². The fourth-order valence-electron chi connectivity index (χ4n) is 4.99. The molecule has 0 aromatic heterocycles. The third kappa shape index (κ3) is 5.80. The normalized spacial score (nSPS) is 19.3. The van der Waals surface area contributed by atoms with Crippen LogP contribution in [0.15, 0.2) is 72.3 Å². The number of amides is 1. The van der Waals surface area contributed by atoms with Crippen molar-refractivity contribution in [1.29, 1.82) is 0 Å². The van der Waals surface area contributed by atoms with Gasteiger partial charge < -0.3 is 10.4 Å². The van der Waals surface area contributed by atoms with Crippen LogP contribution in [0.5, 0.6) is 0 Å². The molecule has 1 amide bonds. The standard InChI is InChI=1S/C27H34N2O2.ClH/c30-26(27(31,24-12-6-2-7-13-24)25-14-8-3-9-15-25)28-20-22-16-18-29(19-17-22)21-23-10-4-1-5-11-23;/h1-2,4-7,10-13,16,25,31H,3,8-9,14-15,17-21H2,(H,28,30);1H. The summed E-state index contributed by atoms with van der Waals surface area (Å²) in [7, 11) is 0. The van der Waals surface area contributed by atoms with Gasteiger partial charge in [-0.25, -0.2) is 0 Å². The van der Waals surface area contributed by atoms with Gasteiger partial charge >= 0.3 is 0 Å². The number of aliphatic hydroxyl groups is 1. The smallest absolute Gasteiger partial charge is 0.257 e. The van der Waals surface area contributed by atoms with E-state index in [1.165, 1.54) is 17.6 Å². The van der Waals surface area contributed by atoms with Crippen molar-refractivity contribution in [3.63, 3.8) is 0 Å². The Labute approximate surface area is 198 Å². The molecule has 2 aliphatic rings. The molecular formula is C27H35ClN2O2. The van der Waals surface area contributed by atoms with Crippen molar-refractivity contribution in [2.24, 2.45) is 5.92 Å². The summed E-state index contributed by atoms with van der Waals surface area (Å²) in [5, 5.41) is 14.7. The second kappa shape index (κ2) is 11.6. The lowest BCUT2D eigenvalue weighted by Gasteiger charge is -2.38. The Morgan fingerprint density at radius 3 is 2.28 bits per heavy atom. The summed E-state index contributed by atoms with van der Waals surface area (Å²) in [5.74, 6) is -0.274. The molecule has 1 aliphatic carbocycles. The van der Waals surface area contributed by atoms with Gasteiger partial charge in [0.15, 0.2) is 5.60 Å². The number of carbonyl (C=O) groups is 1. The maximum Gasteiger partial charge on any atom is 0.257 e. The van der Waals surface area contributed by atoms with Crippen LogP contribution in [0.3, 0.4) is 0 Å². The van der Waals surface area contributed by atoms with Crippen molar-refractivity contribution in [1.82, 2.24) is 10.2 Å². The molecular weight excluding hydrogens is 420 g/mol. The number of benzene rings is 2. The van der Waals surface area contributed by atoms with E-state index < -0.39 is 5.60 Å². The number of hydrogen-bond acceptors (Lipinski definition) is 3. The maximum absolute atomic E-state index is 13.3. The van der Waals surface area contributed by atoms with Crippen LogP contribution in [0.2, 0.25) is 0 Å². The molecule has 2 aromatic carbocycles. The molecule has 2 N–H and O–H groups in total. The lowest BCUT2D eigenvalue weighted by molar-refractivity contribution is -0.149. The Bertz CT molecular complexity index is 881. The van der Waals surface area contributed by atoms with Crippen LogP contribution in [-0.4, -0.2) is 35.5 Å². The van der Waals surface area contributed by atoms with Crippen molar-refractivity contribution < 1.29 is 9.90 Å². The summed E-state index contributed by atoms with van der Waals surface area (Å²) in [6.45, 7) is 3.35. The Kier molecular flexibility index (Phi) is 8.92. The molecule has 0 bridgehead atoms. The minimum Gasteiger partial charge on any atom is -0.375 e. The monoisotopic (exact) mass is 454 g/mol. The zero-order valence-corrected chi connectivity index (χ0v) is 19.5. The average molecular weight is 455 g/mol. The molecule has 1 unspecified atom stereocenters. The average Bonchev–Trinajstić information content (AvgIpc) is 2.84. The van der Waals surface area contributed by atoms with Crippen LogP contribution in [0.25, 0.3) is 0 Å². The van der Waals surface area contributed by atoms with E-state index in [2.05, 4.69) is 40.6 Å². The van der Waals surface area contributed by atoms with E-state index >= 15 is 0 Å². The fourth-order valence-corrected chi connectivity index (χ4v) is 4.99. The predicted octanol–water partition coefficient (Wildman–Crippen LogP) is 4.82. The highest BCUT2D eigenvalue weighted by atomic mass is 35.5.